The third-order valence-electron chi connectivity index (χ3n) is 4.04. The third-order valence-corrected chi connectivity index (χ3v) is 4.04. The zero-order chi connectivity index (χ0) is 18.5. The molecule has 0 aromatic heterocycles. The quantitative estimate of drug-likeness (QED) is 0.877. The van der Waals surface area contributed by atoms with Crippen LogP contribution in [0.25, 0.3) is 0 Å². The highest BCUT2D eigenvalue weighted by Crippen LogP contribution is 2.25. The van der Waals surface area contributed by atoms with E-state index in [1.165, 1.54) is 12.1 Å². The van der Waals surface area contributed by atoms with E-state index in [1.807, 2.05) is 19.1 Å². The molecule has 0 radical (unpaired) electrons. The Hall–Kier alpha value is -2.67. The summed E-state index contributed by atoms with van der Waals surface area (Å²) in [6, 6.07) is 13.3. The molecule has 1 amide bonds. The molecule has 0 aliphatic carbocycles. The monoisotopic (exact) mass is 362 g/mol. The molecule has 1 atom stereocenters. The number of anilines is 2. The van der Waals surface area contributed by atoms with Crippen molar-refractivity contribution in [3.63, 3.8) is 0 Å². The van der Waals surface area contributed by atoms with Gasteiger partial charge in [0.25, 0.3) is 5.91 Å². The molecule has 1 N–H and O–H groups in total. The lowest BCUT2D eigenvalue weighted by Crippen LogP contribution is -2.44. The van der Waals surface area contributed by atoms with Crippen LogP contribution in [0.1, 0.15) is 17.3 Å². The molecule has 1 fully saturated rings. The van der Waals surface area contributed by atoms with Crippen LogP contribution in [0.15, 0.2) is 48.5 Å². The molecule has 26 heavy (non-hydrogen) atoms. The molecule has 1 saturated heterocycles. The van der Waals surface area contributed by atoms with Crippen LogP contribution in [0.2, 0.25) is 0 Å². The molecule has 0 unspecified atom stereocenters. The molecule has 1 aliphatic rings. The predicted molar refractivity (Wildman–Crippen MR) is 94.1 cm³/mol. The summed E-state index contributed by atoms with van der Waals surface area (Å²) in [5.41, 5.74) is 1.87. The molecule has 5 nitrogen and oxygen atoms in total. The molecule has 1 aliphatic heterocycles. The zero-order valence-electron chi connectivity index (χ0n) is 14.3. The fourth-order valence-electron chi connectivity index (χ4n) is 2.83. The lowest BCUT2D eigenvalue weighted by Gasteiger charge is -2.31. The number of benzene rings is 2. The number of nitrogens with one attached hydrogen (secondary N) is 1. The highest BCUT2D eigenvalue weighted by molar-refractivity contribution is 6.00. The van der Waals surface area contributed by atoms with E-state index < -0.39 is 6.61 Å². The largest absolute Gasteiger partial charge is 0.435 e. The molecule has 0 spiro atoms. The van der Waals surface area contributed by atoms with Gasteiger partial charge in [0.1, 0.15) is 5.75 Å². The first kappa shape index (κ1) is 18.1. The Morgan fingerprint density at radius 2 is 1.96 bits per heavy atom. The maximum atomic E-state index is 12.9. The van der Waals surface area contributed by atoms with Crippen molar-refractivity contribution < 1.29 is 23.0 Å². The second-order valence-corrected chi connectivity index (χ2v) is 6.01. The average molecular weight is 362 g/mol. The van der Waals surface area contributed by atoms with Crippen molar-refractivity contribution in [1.82, 2.24) is 4.90 Å². The van der Waals surface area contributed by atoms with Crippen molar-refractivity contribution in [2.75, 3.05) is 25.0 Å². The van der Waals surface area contributed by atoms with Gasteiger partial charge in [-0.1, -0.05) is 12.1 Å². The molecule has 2 aromatic rings. The number of ether oxygens (including phenoxy) is 2. The molecule has 2 aromatic carbocycles. The number of morpholine rings is 1. The van der Waals surface area contributed by atoms with Gasteiger partial charge < -0.3 is 19.7 Å². The number of hydrogen-bond acceptors (Lipinski definition) is 4. The highest BCUT2D eigenvalue weighted by atomic mass is 19.3. The average Bonchev–Trinajstić information content (AvgIpc) is 2.63. The first-order chi connectivity index (χ1) is 12.5. The molecular formula is C19H20F2N2O3. The minimum atomic E-state index is -2.86. The van der Waals surface area contributed by atoms with E-state index in [4.69, 9.17) is 4.74 Å². The van der Waals surface area contributed by atoms with Crippen molar-refractivity contribution in [3.05, 3.63) is 54.1 Å². The number of alkyl halides is 2. The summed E-state index contributed by atoms with van der Waals surface area (Å²) in [6.07, 6.45) is 0.00944. The summed E-state index contributed by atoms with van der Waals surface area (Å²) in [6.45, 7) is 0.702. The lowest BCUT2D eigenvalue weighted by atomic mass is 10.1. The van der Waals surface area contributed by atoms with Crippen LogP contribution in [0, 0.1) is 0 Å². The lowest BCUT2D eigenvalue weighted by molar-refractivity contribution is -0.0498. The number of amides is 1. The number of carbonyl (C=O) groups is 1. The topological polar surface area (TPSA) is 50.8 Å². The summed E-state index contributed by atoms with van der Waals surface area (Å²) in [4.78, 5) is 14.6. The first-order valence-electron chi connectivity index (χ1n) is 8.35. The van der Waals surface area contributed by atoms with Gasteiger partial charge in [-0.2, -0.15) is 8.78 Å². The van der Waals surface area contributed by atoms with Crippen molar-refractivity contribution in [2.24, 2.45) is 0 Å². The molecular weight excluding hydrogens is 342 g/mol. The van der Waals surface area contributed by atoms with Crippen molar-refractivity contribution in [1.29, 1.82) is 0 Å². The van der Waals surface area contributed by atoms with Crippen LogP contribution >= 0.6 is 0 Å². The summed E-state index contributed by atoms with van der Waals surface area (Å²) in [5.74, 6) is 0.0121. The van der Waals surface area contributed by atoms with Crippen molar-refractivity contribution in [2.45, 2.75) is 19.6 Å². The van der Waals surface area contributed by atoms with Gasteiger partial charge in [0.05, 0.1) is 24.0 Å². The summed E-state index contributed by atoms with van der Waals surface area (Å²) in [7, 11) is 0. The molecule has 0 saturated carbocycles. The molecule has 1 heterocycles. The third kappa shape index (κ3) is 4.49. The standard InChI is InChI=1S/C19H20F2N2O3/c1-13-12-23(10-11-25-13)18(24)16-4-2-3-5-17(16)22-14-6-8-15(9-7-14)26-19(20)21/h2-9,13,19,22H,10-12H2,1H3/t13-/m0/s1. The molecule has 3 rings (SSSR count). The number of hydrogen-bond donors (Lipinski definition) is 1. The maximum Gasteiger partial charge on any atom is 0.387 e. The van der Waals surface area contributed by atoms with E-state index in [0.717, 1.165) is 0 Å². The summed E-state index contributed by atoms with van der Waals surface area (Å²) in [5, 5.41) is 3.16. The predicted octanol–water partition coefficient (Wildman–Crippen LogP) is 3.89. The normalized spacial score (nSPS) is 17.2. The van der Waals surface area contributed by atoms with Gasteiger partial charge in [0.15, 0.2) is 0 Å². The summed E-state index contributed by atoms with van der Waals surface area (Å²) < 4.78 is 34.3. The smallest absolute Gasteiger partial charge is 0.387 e. The Balaban J connectivity index is 1.75. The van der Waals surface area contributed by atoms with E-state index in [-0.39, 0.29) is 17.8 Å². The zero-order valence-corrected chi connectivity index (χ0v) is 14.3. The van der Waals surface area contributed by atoms with Crippen LogP contribution in [0.4, 0.5) is 20.2 Å². The van der Waals surface area contributed by atoms with Gasteiger partial charge in [-0.15, -0.1) is 0 Å². The van der Waals surface area contributed by atoms with Crippen LogP contribution in [0.5, 0.6) is 5.75 Å². The Kier molecular flexibility index (Phi) is 5.68. The van der Waals surface area contributed by atoms with Gasteiger partial charge >= 0.3 is 6.61 Å². The Morgan fingerprint density at radius 1 is 1.23 bits per heavy atom. The fraction of sp³-hybridized carbons (Fsp3) is 0.316. The highest BCUT2D eigenvalue weighted by Gasteiger charge is 2.24. The van der Waals surface area contributed by atoms with Crippen LogP contribution in [-0.4, -0.2) is 43.2 Å². The van der Waals surface area contributed by atoms with Crippen LogP contribution in [-0.2, 0) is 4.74 Å². The van der Waals surface area contributed by atoms with Gasteiger partial charge in [0, 0.05) is 18.8 Å². The van der Waals surface area contributed by atoms with Crippen LogP contribution in [0.3, 0.4) is 0 Å². The maximum absolute atomic E-state index is 12.9. The van der Waals surface area contributed by atoms with Gasteiger partial charge in [-0.3, -0.25) is 4.79 Å². The van der Waals surface area contributed by atoms with E-state index in [9.17, 15) is 13.6 Å². The number of rotatable bonds is 5. The second kappa shape index (κ2) is 8.14. The van der Waals surface area contributed by atoms with Crippen LogP contribution < -0.4 is 10.1 Å². The second-order valence-electron chi connectivity index (χ2n) is 6.01. The number of para-hydroxylation sites is 1. The molecule has 138 valence electrons. The Bertz CT molecular complexity index is 753. The van der Waals surface area contributed by atoms with E-state index in [2.05, 4.69) is 10.1 Å². The number of carbonyl (C=O) groups excluding carboxylic acids is 1. The minimum absolute atomic E-state index is 0.00944. The minimum Gasteiger partial charge on any atom is -0.435 e. The number of nitrogens with zero attached hydrogens (tertiary/aromatic N) is 1. The molecule has 7 heteroatoms. The van der Waals surface area contributed by atoms with Crippen molar-refractivity contribution >= 4 is 17.3 Å². The fourth-order valence-corrected chi connectivity index (χ4v) is 2.83. The van der Waals surface area contributed by atoms with E-state index in [0.29, 0.717) is 36.6 Å². The van der Waals surface area contributed by atoms with Crippen molar-refractivity contribution in [3.8, 4) is 5.75 Å². The molecule has 0 bridgehead atoms. The van der Waals surface area contributed by atoms with Gasteiger partial charge in [-0.05, 0) is 43.3 Å². The van der Waals surface area contributed by atoms with Gasteiger partial charge in [-0.25, -0.2) is 0 Å². The Morgan fingerprint density at radius 3 is 2.65 bits per heavy atom. The first-order valence-corrected chi connectivity index (χ1v) is 8.35. The SMILES string of the molecule is C[C@H]1CN(C(=O)c2ccccc2Nc2ccc(OC(F)F)cc2)CCO1. The van der Waals surface area contributed by atoms with E-state index in [1.54, 1.807) is 29.2 Å². The number of halogens is 2. The Labute approximate surface area is 150 Å². The van der Waals surface area contributed by atoms with E-state index >= 15 is 0 Å². The summed E-state index contributed by atoms with van der Waals surface area (Å²) >= 11 is 0. The van der Waals surface area contributed by atoms with Gasteiger partial charge in [0.2, 0.25) is 0 Å².